The number of ether oxygens (including phenoxy) is 1. The molecule has 0 unspecified atom stereocenters. The number of aliphatic hydroxyl groups excluding tert-OH is 1. The summed E-state index contributed by atoms with van der Waals surface area (Å²) < 4.78 is 70.0. The van der Waals surface area contributed by atoms with Crippen LogP contribution in [0.1, 0.15) is 17.5 Å². The van der Waals surface area contributed by atoms with Crippen molar-refractivity contribution < 1.29 is 41.4 Å². The lowest BCUT2D eigenvalue weighted by Crippen LogP contribution is -2.50. The topological polar surface area (TPSA) is 99.7 Å². The largest absolute Gasteiger partial charge is 0.416 e. The van der Waals surface area contributed by atoms with Crippen LogP contribution in [0.3, 0.4) is 0 Å². The third kappa shape index (κ3) is 7.76. The molecule has 0 aliphatic carbocycles. The average molecular weight is 499 g/mol. The van der Waals surface area contributed by atoms with Crippen molar-refractivity contribution in [2.24, 2.45) is 0 Å². The molecular weight excluding hydrogens is 477 g/mol. The van der Waals surface area contributed by atoms with Crippen molar-refractivity contribution in [3.8, 4) is 0 Å². The van der Waals surface area contributed by atoms with Crippen molar-refractivity contribution in [3.63, 3.8) is 0 Å². The number of aliphatic hydroxyl groups is 1. The van der Waals surface area contributed by atoms with E-state index >= 15 is 0 Å². The van der Waals surface area contributed by atoms with E-state index in [0.29, 0.717) is 0 Å². The van der Waals surface area contributed by atoms with Crippen molar-refractivity contribution in [1.82, 2.24) is 10.6 Å². The molecule has 1 aliphatic heterocycles. The van der Waals surface area contributed by atoms with Crippen LogP contribution in [0.4, 0.5) is 32.4 Å². The SMILES string of the molecule is O=C(C[C@H]1C=C[C@H](NC(=O)Nc2ccc(C(F)(F)F)cc2)[C@@H](CO)O1)NCc1cc(F)cc(F)c1. The van der Waals surface area contributed by atoms with Crippen LogP contribution in [0.25, 0.3) is 0 Å². The van der Waals surface area contributed by atoms with Crippen LogP contribution >= 0.6 is 0 Å². The third-order valence-corrected chi connectivity index (χ3v) is 5.03. The minimum atomic E-state index is -4.50. The van der Waals surface area contributed by atoms with Crippen molar-refractivity contribution in [2.75, 3.05) is 11.9 Å². The fraction of sp³-hybridized carbons (Fsp3) is 0.304. The van der Waals surface area contributed by atoms with Crippen molar-refractivity contribution in [1.29, 1.82) is 0 Å². The van der Waals surface area contributed by atoms with E-state index in [1.165, 1.54) is 12.2 Å². The summed E-state index contributed by atoms with van der Waals surface area (Å²) in [5, 5.41) is 17.1. The highest BCUT2D eigenvalue weighted by molar-refractivity contribution is 5.89. The molecule has 0 saturated carbocycles. The highest BCUT2D eigenvalue weighted by Crippen LogP contribution is 2.29. The Morgan fingerprint density at radius 1 is 1.00 bits per heavy atom. The first-order valence-electron chi connectivity index (χ1n) is 10.4. The van der Waals surface area contributed by atoms with Gasteiger partial charge in [-0.05, 0) is 42.0 Å². The molecule has 1 heterocycles. The lowest BCUT2D eigenvalue weighted by Gasteiger charge is -2.31. The highest BCUT2D eigenvalue weighted by Gasteiger charge is 2.31. The molecule has 2 aromatic carbocycles. The van der Waals surface area contributed by atoms with Crippen LogP contribution in [-0.2, 0) is 22.3 Å². The maximum atomic E-state index is 13.2. The van der Waals surface area contributed by atoms with Crippen LogP contribution < -0.4 is 16.0 Å². The van der Waals surface area contributed by atoms with Gasteiger partial charge in [-0.25, -0.2) is 13.6 Å². The molecule has 0 saturated heterocycles. The molecule has 3 rings (SSSR count). The Morgan fingerprint density at radius 3 is 2.26 bits per heavy atom. The van der Waals surface area contributed by atoms with Gasteiger partial charge in [-0.2, -0.15) is 13.2 Å². The minimum Gasteiger partial charge on any atom is -0.394 e. The van der Waals surface area contributed by atoms with E-state index in [0.717, 1.165) is 42.5 Å². The summed E-state index contributed by atoms with van der Waals surface area (Å²) in [5.41, 5.74) is -0.484. The molecule has 12 heteroatoms. The van der Waals surface area contributed by atoms with E-state index in [-0.39, 0.29) is 24.2 Å². The molecule has 3 amide bonds. The summed E-state index contributed by atoms with van der Waals surface area (Å²) in [5.74, 6) is -1.99. The number of hydrogen-bond donors (Lipinski definition) is 4. The Bertz CT molecular complexity index is 1060. The Hall–Kier alpha value is -3.51. The number of carbonyl (C=O) groups is 2. The number of alkyl halides is 3. The standard InChI is InChI=1S/C23H22F5N3O4/c24-15-7-13(8-16(25)9-15)11-29-21(33)10-18-5-6-19(20(12-32)35-18)31-22(34)30-17-3-1-14(2-4-17)23(26,27)28/h1-9,18-20,32H,10-12H2,(H,29,33)(H2,30,31,34)/t18-,19+,20-/m1/s1. The quantitative estimate of drug-likeness (QED) is 0.346. The van der Waals surface area contributed by atoms with Gasteiger partial charge in [0.1, 0.15) is 17.7 Å². The molecule has 0 spiro atoms. The second-order valence-electron chi connectivity index (χ2n) is 7.74. The number of benzene rings is 2. The van der Waals surface area contributed by atoms with Crippen LogP contribution in [0.2, 0.25) is 0 Å². The van der Waals surface area contributed by atoms with Crippen molar-refractivity contribution in [3.05, 3.63) is 77.4 Å². The molecule has 0 fully saturated rings. The Labute approximate surface area is 197 Å². The molecule has 4 N–H and O–H groups in total. The first-order chi connectivity index (χ1) is 16.5. The number of carbonyl (C=O) groups excluding carboxylic acids is 2. The van der Waals surface area contributed by atoms with Gasteiger partial charge in [0.2, 0.25) is 5.91 Å². The fourth-order valence-corrected chi connectivity index (χ4v) is 3.37. The zero-order valence-corrected chi connectivity index (χ0v) is 18.1. The summed E-state index contributed by atoms with van der Waals surface area (Å²) in [6.07, 6.45) is -3.23. The normalized spacial score (nSPS) is 19.8. The zero-order chi connectivity index (χ0) is 25.6. The zero-order valence-electron chi connectivity index (χ0n) is 18.1. The average Bonchev–Trinajstić information content (AvgIpc) is 2.78. The lowest BCUT2D eigenvalue weighted by molar-refractivity contribution is -0.137. The first-order valence-corrected chi connectivity index (χ1v) is 10.4. The molecule has 35 heavy (non-hydrogen) atoms. The minimum absolute atomic E-state index is 0.0956. The number of urea groups is 1. The summed E-state index contributed by atoms with van der Waals surface area (Å²) in [4.78, 5) is 24.4. The molecule has 0 radical (unpaired) electrons. The van der Waals surface area contributed by atoms with Gasteiger partial charge in [0, 0.05) is 18.3 Å². The Balaban J connectivity index is 1.50. The Morgan fingerprint density at radius 2 is 1.66 bits per heavy atom. The maximum Gasteiger partial charge on any atom is 0.416 e. The second kappa shape index (κ2) is 11.3. The van der Waals surface area contributed by atoms with Gasteiger partial charge in [-0.1, -0.05) is 12.2 Å². The first kappa shape index (κ1) is 26.1. The Kier molecular flexibility index (Phi) is 8.41. The fourth-order valence-electron chi connectivity index (χ4n) is 3.37. The summed E-state index contributed by atoms with van der Waals surface area (Å²) >= 11 is 0. The van der Waals surface area contributed by atoms with Crippen LogP contribution in [0.15, 0.2) is 54.6 Å². The second-order valence-corrected chi connectivity index (χ2v) is 7.74. The molecular formula is C23H22F5N3O4. The molecule has 0 bridgehead atoms. The highest BCUT2D eigenvalue weighted by atomic mass is 19.4. The molecule has 3 atom stereocenters. The third-order valence-electron chi connectivity index (χ3n) is 5.03. The van der Waals surface area contributed by atoms with E-state index in [2.05, 4.69) is 16.0 Å². The van der Waals surface area contributed by atoms with Crippen LogP contribution in [0, 0.1) is 11.6 Å². The van der Waals surface area contributed by atoms with E-state index in [1.807, 2.05) is 0 Å². The van der Waals surface area contributed by atoms with Gasteiger partial charge in [-0.3, -0.25) is 4.79 Å². The number of anilines is 1. The number of hydrogen-bond acceptors (Lipinski definition) is 4. The smallest absolute Gasteiger partial charge is 0.394 e. The maximum absolute atomic E-state index is 13.2. The van der Waals surface area contributed by atoms with Crippen molar-refractivity contribution in [2.45, 2.75) is 37.4 Å². The molecule has 1 aliphatic rings. The monoisotopic (exact) mass is 499 g/mol. The number of rotatable bonds is 7. The molecule has 2 aromatic rings. The molecule has 0 aromatic heterocycles. The van der Waals surface area contributed by atoms with Gasteiger partial charge in [0.05, 0.1) is 30.7 Å². The van der Waals surface area contributed by atoms with E-state index < -0.39 is 60.2 Å². The van der Waals surface area contributed by atoms with Crippen LogP contribution in [-0.4, -0.2) is 41.9 Å². The van der Waals surface area contributed by atoms with E-state index in [1.54, 1.807) is 0 Å². The van der Waals surface area contributed by atoms with Gasteiger partial charge in [0.25, 0.3) is 0 Å². The van der Waals surface area contributed by atoms with Crippen molar-refractivity contribution >= 4 is 17.6 Å². The summed E-state index contributed by atoms with van der Waals surface area (Å²) in [6, 6.07) is 5.26. The predicted molar refractivity (Wildman–Crippen MR) is 115 cm³/mol. The summed E-state index contributed by atoms with van der Waals surface area (Å²) in [6.45, 7) is -0.585. The van der Waals surface area contributed by atoms with E-state index in [9.17, 15) is 36.6 Å². The number of halogens is 5. The molecule has 188 valence electrons. The van der Waals surface area contributed by atoms with Gasteiger partial charge in [0.15, 0.2) is 0 Å². The van der Waals surface area contributed by atoms with Gasteiger partial charge in [-0.15, -0.1) is 0 Å². The predicted octanol–water partition coefficient (Wildman–Crippen LogP) is 3.50. The van der Waals surface area contributed by atoms with Crippen LogP contribution in [0.5, 0.6) is 0 Å². The summed E-state index contributed by atoms with van der Waals surface area (Å²) in [7, 11) is 0. The van der Waals surface area contributed by atoms with Gasteiger partial charge < -0.3 is 25.8 Å². The lowest BCUT2D eigenvalue weighted by atomic mass is 10.0. The molecule has 7 nitrogen and oxygen atoms in total. The van der Waals surface area contributed by atoms with E-state index in [4.69, 9.17) is 4.74 Å². The number of amides is 3. The van der Waals surface area contributed by atoms with Gasteiger partial charge >= 0.3 is 12.2 Å². The number of nitrogens with one attached hydrogen (secondary N) is 3.